The monoisotopic (exact) mass is 386 g/mol. The number of fused-ring (bicyclic) bond motifs is 1. The van der Waals surface area contributed by atoms with E-state index >= 15 is 0 Å². The van der Waals surface area contributed by atoms with Crippen molar-refractivity contribution in [3.05, 3.63) is 42.4 Å². The van der Waals surface area contributed by atoms with Gasteiger partial charge in [-0.1, -0.05) is 0 Å². The summed E-state index contributed by atoms with van der Waals surface area (Å²) < 4.78 is 1.86. The van der Waals surface area contributed by atoms with E-state index in [1.54, 1.807) is 24.7 Å². The average molecular weight is 386 g/mol. The Hall–Kier alpha value is -2.98. The number of aliphatic hydroxyl groups is 1. The number of anilines is 1. The molecule has 3 heterocycles. The fraction of sp³-hybridized carbons (Fsp3) is 0.455. The molecule has 0 aromatic carbocycles. The van der Waals surface area contributed by atoms with Crippen LogP contribution in [0, 0.1) is 29.1 Å². The zero-order valence-corrected chi connectivity index (χ0v) is 16.0. The van der Waals surface area contributed by atoms with E-state index in [9.17, 15) is 10.4 Å². The Balaban J connectivity index is 1.31. The van der Waals surface area contributed by atoms with E-state index < -0.39 is 5.60 Å². The van der Waals surface area contributed by atoms with Gasteiger partial charge in [0.1, 0.15) is 23.2 Å². The maximum atomic E-state index is 10.8. The molecule has 7 nitrogen and oxygen atoms in total. The van der Waals surface area contributed by atoms with Crippen molar-refractivity contribution < 1.29 is 5.11 Å². The van der Waals surface area contributed by atoms with Crippen molar-refractivity contribution in [2.75, 3.05) is 5.32 Å². The molecule has 4 aliphatic carbocycles. The van der Waals surface area contributed by atoms with Crippen molar-refractivity contribution >= 4 is 11.5 Å². The standard InChI is InChI=1S/C22H22N6O/c23-10-13-1-2-19-25-11-17(28(19)12-13)21-24-4-3-18(27-21)26-20-15-5-14-6-16(20)9-22(29,7-14)8-15/h1-4,11-12,14-16,20,29H,5-9H2,(H,24,26,27)/t14?,15-,16?,20?,22?/m0/s1. The van der Waals surface area contributed by atoms with Crippen LogP contribution in [0.25, 0.3) is 17.2 Å². The van der Waals surface area contributed by atoms with Gasteiger partial charge < -0.3 is 10.4 Å². The van der Waals surface area contributed by atoms with Crippen LogP contribution in [0.2, 0.25) is 0 Å². The number of hydrogen-bond acceptors (Lipinski definition) is 6. The minimum Gasteiger partial charge on any atom is -0.390 e. The summed E-state index contributed by atoms with van der Waals surface area (Å²) in [5.74, 6) is 3.10. The van der Waals surface area contributed by atoms with Gasteiger partial charge in [0.05, 0.1) is 17.4 Å². The molecule has 4 bridgehead atoms. The maximum absolute atomic E-state index is 10.8. The summed E-state index contributed by atoms with van der Waals surface area (Å²) in [6, 6.07) is 8.01. The largest absolute Gasteiger partial charge is 0.390 e. The molecule has 3 aromatic heterocycles. The van der Waals surface area contributed by atoms with Gasteiger partial charge in [0, 0.05) is 18.4 Å². The Labute approximate surface area is 168 Å². The third-order valence-electron chi connectivity index (χ3n) is 7.07. The predicted octanol–water partition coefficient (Wildman–Crippen LogP) is 3.01. The molecule has 2 N–H and O–H groups in total. The summed E-state index contributed by atoms with van der Waals surface area (Å²) >= 11 is 0. The van der Waals surface area contributed by atoms with Crippen LogP contribution in [0.3, 0.4) is 0 Å². The highest BCUT2D eigenvalue weighted by atomic mass is 16.3. The van der Waals surface area contributed by atoms with Gasteiger partial charge >= 0.3 is 0 Å². The van der Waals surface area contributed by atoms with Gasteiger partial charge in [-0.2, -0.15) is 5.26 Å². The van der Waals surface area contributed by atoms with E-state index in [4.69, 9.17) is 4.98 Å². The van der Waals surface area contributed by atoms with Crippen molar-refractivity contribution in [3.63, 3.8) is 0 Å². The van der Waals surface area contributed by atoms with Crippen LogP contribution in [0.1, 0.15) is 37.7 Å². The molecule has 4 aliphatic rings. The van der Waals surface area contributed by atoms with Crippen LogP contribution < -0.4 is 5.32 Å². The zero-order chi connectivity index (χ0) is 19.6. The van der Waals surface area contributed by atoms with E-state index in [-0.39, 0.29) is 0 Å². The van der Waals surface area contributed by atoms with E-state index in [0.29, 0.717) is 35.2 Å². The summed E-state index contributed by atoms with van der Waals surface area (Å²) in [6.45, 7) is 0. The minimum atomic E-state index is -0.430. The highest BCUT2D eigenvalue weighted by molar-refractivity contribution is 5.59. The van der Waals surface area contributed by atoms with Gasteiger partial charge in [-0.25, -0.2) is 15.0 Å². The Morgan fingerprint density at radius 2 is 1.97 bits per heavy atom. The molecule has 0 radical (unpaired) electrons. The number of hydrogen-bond donors (Lipinski definition) is 2. The van der Waals surface area contributed by atoms with Gasteiger partial charge in [0.15, 0.2) is 5.82 Å². The lowest BCUT2D eigenvalue weighted by molar-refractivity contribution is -0.129. The number of nitrogens with zero attached hydrogens (tertiary/aromatic N) is 5. The molecule has 0 spiro atoms. The molecule has 146 valence electrons. The summed E-state index contributed by atoms with van der Waals surface area (Å²) in [6.07, 6.45) is 10.5. The fourth-order valence-electron chi connectivity index (χ4n) is 6.16. The first-order chi connectivity index (χ1) is 14.1. The van der Waals surface area contributed by atoms with E-state index in [1.807, 2.05) is 16.5 Å². The second-order valence-corrected chi connectivity index (χ2v) is 9.03. The number of nitriles is 1. The zero-order valence-electron chi connectivity index (χ0n) is 16.0. The van der Waals surface area contributed by atoms with E-state index in [1.165, 1.54) is 12.8 Å². The third-order valence-corrected chi connectivity index (χ3v) is 7.07. The molecule has 4 fully saturated rings. The lowest BCUT2D eigenvalue weighted by Crippen LogP contribution is -2.59. The third kappa shape index (κ3) is 2.70. The first-order valence-corrected chi connectivity index (χ1v) is 10.3. The highest BCUT2D eigenvalue weighted by Crippen LogP contribution is 2.56. The Morgan fingerprint density at radius 1 is 1.14 bits per heavy atom. The molecule has 4 saturated carbocycles. The Morgan fingerprint density at radius 3 is 2.72 bits per heavy atom. The van der Waals surface area contributed by atoms with E-state index in [0.717, 1.165) is 36.4 Å². The summed E-state index contributed by atoms with van der Waals surface area (Å²) in [7, 11) is 0. The molecular weight excluding hydrogens is 364 g/mol. The summed E-state index contributed by atoms with van der Waals surface area (Å²) in [5, 5.41) is 23.7. The van der Waals surface area contributed by atoms with Gasteiger partial charge in [-0.05, 0) is 68.1 Å². The number of imidazole rings is 1. The van der Waals surface area contributed by atoms with Crippen LogP contribution in [0.5, 0.6) is 0 Å². The normalized spacial score (nSPS) is 32.4. The first kappa shape index (κ1) is 16.9. The quantitative estimate of drug-likeness (QED) is 0.718. The fourth-order valence-corrected chi connectivity index (χ4v) is 6.16. The van der Waals surface area contributed by atoms with Gasteiger partial charge in [0.2, 0.25) is 0 Å². The van der Waals surface area contributed by atoms with Gasteiger partial charge in [-0.15, -0.1) is 0 Å². The molecule has 7 heteroatoms. The molecule has 0 saturated heterocycles. The predicted molar refractivity (Wildman–Crippen MR) is 107 cm³/mol. The smallest absolute Gasteiger partial charge is 0.180 e. The first-order valence-electron chi connectivity index (χ1n) is 10.3. The van der Waals surface area contributed by atoms with Crippen LogP contribution in [-0.4, -0.2) is 36.1 Å². The van der Waals surface area contributed by atoms with Crippen molar-refractivity contribution in [1.82, 2.24) is 19.4 Å². The van der Waals surface area contributed by atoms with Crippen LogP contribution >= 0.6 is 0 Å². The topological polar surface area (TPSA) is 99.1 Å². The molecule has 0 aliphatic heterocycles. The molecule has 4 unspecified atom stereocenters. The molecule has 3 aromatic rings. The van der Waals surface area contributed by atoms with Crippen LogP contribution in [0.15, 0.2) is 36.8 Å². The summed E-state index contributed by atoms with van der Waals surface area (Å²) in [4.78, 5) is 13.6. The van der Waals surface area contributed by atoms with Crippen molar-refractivity contribution in [2.24, 2.45) is 17.8 Å². The molecule has 5 atom stereocenters. The second kappa shape index (κ2) is 6.01. The van der Waals surface area contributed by atoms with Crippen molar-refractivity contribution in [1.29, 1.82) is 5.26 Å². The maximum Gasteiger partial charge on any atom is 0.180 e. The lowest BCUT2D eigenvalue weighted by Gasteiger charge is -2.58. The van der Waals surface area contributed by atoms with Crippen molar-refractivity contribution in [3.8, 4) is 17.6 Å². The number of pyridine rings is 1. The SMILES string of the molecule is N#Cc1ccc2ncc(-c3nccc(NC4C5CC6C[C@H]4CC(O)(C6)C5)n3)n2c1. The molecule has 0 amide bonds. The van der Waals surface area contributed by atoms with Gasteiger partial charge in [0.25, 0.3) is 0 Å². The molecule has 7 rings (SSSR count). The summed E-state index contributed by atoms with van der Waals surface area (Å²) in [5.41, 5.74) is 1.66. The lowest BCUT2D eigenvalue weighted by atomic mass is 9.52. The average Bonchev–Trinajstić information content (AvgIpc) is 3.13. The number of aromatic nitrogens is 4. The van der Waals surface area contributed by atoms with Crippen LogP contribution in [0.4, 0.5) is 5.82 Å². The highest BCUT2D eigenvalue weighted by Gasteiger charge is 2.54. The Bertz CT molecular complexity index is 1130. The molecule has 29 heavy (non-hydrogen) atoms. The van der Waals surface area contributed by atoms with Crippen molar-refractivity contribution in [2.45, 2.75) is 43.7 Å². The van der Waals surface area contributed by atoms with Crippen LogP contribution in [-0.2, 0) is 0 Å². The second-order valence-electron chi connectivity index (χ2n) is 9.03. The number of rotatable bonds is 3. The number of nitrogens with one attached hydrogen (secondary N) is 1. The molecular formula is C22H22N6O. The Kier molecular flexibility index (Phi) is 3.51. The minimum absolute atomic E-state index is 0.363. The van der Waals surface area contributed by atoms with Gasteiger partial charge in [-0.3, -0.25) is 4.40 Å². The van der Waals surface area contributed by atoms with E-state index in [2.05, 4.69) is 21.4 Å².